The van der Waals surface area contributed by atoms with Crippen molar-refractivity contribution in [1.82, 2.24) is 10.2 Å². The highest BCUT2D eigenvalue weighted by Crippen LogP contribution is 2.22. The summed E-state index contributed by atoms with van der Waals surface area (Å²) < 4.78 is 0. The van der Waals surface area contributed by atoms with Gasteiger partial charge in [-0.25, -0.2) is 0 Å². The fourth-order valence-electron chi connectivity index (χ4n) is 2.41. The molecule has 1 saturated heterocycles. The van der Waals surface area contributed by atoms with Gasteiger partial charge >= 0.3 is 0 Å². The van der Waals surface area contributed by atoms with Crippen LogP contribution in [0.5, 0.6) is 0 Å². The Kier molecular flexibility index (Phi) is 5.45. The Morgan fingerprint density at radius 1 is 1.33 bits per heavy atom. The number of rotatable bonds is 4. The zero-order chi connectivity index (χ0) is 15.4. The molecule has 0 saturated carbocycles. The predicted molar refractivity (Wildman–Crippen MR) is 82.6 cm³/mol. The van der Waals surface area contributed by atoms with Crippen LogP contribution in [0.3, 0.4) is 0 Å². The van der Waals surface area contributed by atoms with E-state index >= 15 is 0 Å². The number of nitrogens with one attached hydrogen (secondary N) is 1. The van der Waals surface area contributed by atoms with E-state index in [9.17, 15) is 9.59 Å². The first kappa shape index (κ1) is 16.1. The second kappa shape index (κ2) is 7.11. The number of nitrogens with two attached hydrogens (primary N) is 1. The monoisotopic (exact) mass is 329 g/mol. The van der Waals surface area contributed by atoms with Crippen molar-refractivity contribution in [2.24, 2.45) is 5.73 Å². The molecule has 5 nitrogen and oxygen atoms in total. The number of hydrogen-bond acceptors (Lipinski definition) is 3. The summed E-state index contributed by atoms with van der Waals surface area (Å²) in [6.45, 7) is 1.10. The lowest BCUT2D eigenvalue weighted by Gasteiger charge is -2.23. The smallest absolute Gasteiger partial charge is 0.251 e. The van der Waals surface area contributed by atoms with Gasteiger partial charge in [0.05, 0.1) is 16.6 Å². The topological polar surface area (TPSA) is 75.4 Å². The molecule has 1 aromatic rings. The van der Waals surface area contributed by atoms with Gasteiger partial charge in [0.1, 0.15) is 0 Å². The number of halogens is 2. The summed E-state index contributed by atoms with van der Waals surface area (Å²) in [5.74, 6) is -0.471. The molecule has 1 aromatic carbocycles. The molecule has 7 heteroatoms. The lowest BCUT2D eigenvalue weighted by Crippen LogP contribution is -2.45. The Hall–Kier alpha value is -1.30. The Balaban J connectivity index is 1.91. The summed E-state index contributed by atoms with van der Waals surface area (Å²) in [5.41, 5.74) is 6.00. The van der Waals surface area contributed by atoms with Gasteiger partial charge in [-0.05, 0) is 31.0 Å². The third-order valence-electron chi connectivity index (χ3n) is 3.55. The van der Waals surface area contributed by atoms with Crippen LogP contribution in [0.25, 0.3) is 0 Å². The number of likely N-dealkylation sites (tertiary alicyclic amines) is 1. The number of carbonyl (C=O) groups is 2. The summed E-state index contributed by atoms with van der Waals surface area (Å²) >= 11 is 11.7. The van der Waals surface area contributed by atoms with Gasteiger partial charge in [-0.1, -0.05) is 23.2 Å². The average Bonchev–Trinajstić information content (AvgIpc) is 2.95. The van der Waals surface area contributed by atoms with Gasteiger partial charge in [0.2, 0.25) is 5.91 Å². The van der Waals surface area contributed by atoms with Crippen molar-refractivity contribution in [2.45, 2.75) is 18.9 Å². The van der Waals surface area contributed by atoms with E-state index in [-0.39, 0.29) is 24.4 Å². The van der Waals surface area contributed by atoms with Crippen LogP contribution >= 0.6 is 23.2 Å². The van der Waals surface area contributed by atoms with Crippen LogP contribution in [0.2, 0.25) is 10.0 Å². The van der Waals surface area contributed by atoms with Gasteiger partial charge in [-0.3, -0.25) is 9.59 Å². The number of benzene rings is 1. The van der Waals surface area contributed by atoms with E-state index < -0.39 is 0 Å². The van der Waals surface area contributed by atoms with Crippen LogP contribution in [0.1, 0.15) is 23.2 Å². The quantitative estimate of drug-likeness (QED) is 0.882. The van der Waals surface area contributed by atoms with Crippen LogP contribution in [-0.4, -0.2) is 42.4 Å². The fourth-order valence-corrected chi connectivity index (χ4v) is 2.70. The zero-order valence-corrected chi connectivity index (χ0v) is 13.0. The normalized spacial score (nSPS) is 17.9. The molecule has 1 fully saturated rings. The molecular formula is C14H17Cl2N3O2. The summed E-state index contributed by atoms with van der Waals surface area (Å²) in [5, 5.41) is 3.28. The number of hydrogen-bond donors (Lipinski definition) is 2. The maximum Gasteiger partial charge on any atom is 0.251 e. The lowest BCUT2D eigenvalue weighted by atomic mass is 10.2. The number of carbonyl (C=O) groups excluding carboxylic acids is 2. The molecule has 1 unspecified atom stereocenters. The van der Waals surface area contributed by atoms with Crippen molar-refractivity contribution >= 4 is 35.0 Å². The van der Waals surface area contributed by atoms with Crippen molar-refractivity contribution < 1.29 is 9.59 Å². The molecule has 1 heterocycles. The summed E-state index contributed by atoms with van der Waals surface area (Å²) in [7, 11) is 0. The Bertz CT molecular complexity index is 551. The first-order valence-electron chi connectivity index (χ1n) is 6.75. The van der Waals surface area contributed by atoms with Crippen molar-refractivity contribution in [3.63, 3.8) is 0 Å². The molecule has 0 spiro atoms. The third kappa shape index (κ3) is 3.87. The van der Waals surface area contributed by atoms with Crippen molar-refractivity contribution in [1.29, 1.82) is 0 Å². The van der Waals surface area contributed by atoms with Gasteiger partial charge < -0.3 is 16.0 Å². The SMILES string of the molecule is NCC1CCCN1C(=O)CNC(=O)c1ccc(Cl)c(Cl)c1. The second-order valence-corrected chi connectivity index (χ2v) is 5.74. The Morgan fingerprint density at radius 2 is 2.10 bits per heavy atom. The van der Waals surface area contributed by atoms with Gasteiger partial charge in [0.15, 0.2) is 0 Å². The molecule has 1 aliphatic rings. The van der Waals surface area contributed by atoms with Gasteiger partial charge in [0.25, 0.3) is 5.91 Å². The Labute approximate surface area is 133 Å². The minimum absolute atomic E-state index is 0.0461. The van der Waals surface area contributed by atoms with Crippen LogP contribution < -0.4 is 11.1 Å². The molecular weight excluding hydrogens is 313 g/mol. The van der Waals surface area contributed by atoms with Gasteiger partial charge in [-0.2, -0.15) is 0 Å². The summed E-state index contributed by atoms with van der Waals surface area (Å²) in [4.78, 5) is 25.8. The molecule has 0 bridgehead atoms. The number of amides is 2. The fraction of sp³-hybridized carbons (Fsp3) is 0.429. The second-order valence-electron chi connectivity index (χ2n) is 4.93. The minimum atomic E-state index is -0.356. The van der Waals surface area contributed by atoms with Crippen LogP contribution in [-0.2, 0) is 4.79 Å². The summed E-state index contributed by atoms with van der Waals surface area (Å²) in [6, 6.07) is 4.67. The zero-order valence-electron chi connectivity index (χ0n) is 11.4. The highest BCUT2D eigenvalue weighted by molar-refractivity contribution is 6.42. The van der Waals surface area contributed by atoms with Crippen molar-refractivity contribution in [3.8, 4) is 0 Å². The minimum Gasteiger partial charge on any atom is -0.343 e. The molecule has 1 aliphatic heterocycles. The molecule has 3 N–H and O–H groups in total. The molecule has 0 radical (unpaired) electrons. The van der Waals surface area contributed by atoms with E-state index in [4.69, 9.17) is 28.9 Å². The average molecular weight is 330 g/mol. The van der Waals surface area contributed by atoms with E-state index in [1.807, 2.05) is 0 Å². The molecule has 21 heavy (non-hydrogen) atoms. The molecule has 2 amide bonds. The van der Waals surface area contributed by atoms with E-state index in [0.29, 0.717) is 28.7 Å². The Morgan fingerprint density at radius 3 is 2.76 bits per heavy atom. The lowest BCUT2D eigenvalue weighted by molar-refractivity contribution is -0.130. The molecule has 0 aliphatic carbocycles. The standard InChI is InChI=1S/C14H17Cl2N3O2/c15-11-4-3-9(6-12(11)16)14(21)18-8-13(20)19-5-1-2-10(19)7-17/h3-4,6,10H,1-2,5,7-8,17H2,(H,18,21). The highest BCUT2D eigenvalue weighted by Gasteiger charge is 2.27. The number of nitrogens with zero attached hydrogens (tertiary/aromatic N) is 1. The highest BCUT2D eigenvalue weighted by atomic mass is 35.5. The maximum atomic E-state index is 12.1. The van der Waals surface area contributed by atoms with E-state index in [0.717, 1.165) is 12.8 Å². The van der Waals surface area contributed by atoms with E-state index in [1.165, 1.54) is 6.07 Å². The summed E-state index contributed by atoms with van der Waals surface area (Å²) in [6.07, 6.45) is 1.87. The van der Waals surface area contributed by atoms with Gasteiger partial charge in [-0.15, -0.1) is 0 Å². The van der Waals surface area contributed by atoms with Crippen molar-refractivity contribution in [2.75, 3.05) is 19.6 Å². The first-order valence-corrected chi connectivity index (χ1v) is 7.51. The predicted octanol–water partition coefficient (Wildman–Crippen LogP) is 1.67. The van der Waals surface area contributed by atoms with Gasteiger partial charge in [0, 0.05) is 24.7 Å². The molecule has 2 rings (SSSR count). The van der Waals surface area contributed by atoms with Crippen LogP contribution in [0, 0.1) is 0 Å². The molecule has 1 atom stereocenters. The third-order valence-corrected chi connectivity index (χ3v) is 4.29. The molecule has 114 valence electrons. The van der Waals surface area contributed by atoms with E-state index in [1.54, 1.807) is 17.0 Å². The van der Waals surface area contributed by atoms with Crippen molar-refractivity contribution in [3.05, 3.63) is 33.8 Å². The largest absolute Gasteiger partial charge is 0.343 e. The van der Waals surface area contributed by atoms with Crippen LogP contribution in [0.15, 0.2) is 18.2 Å². The first-order chi connectivity index (χ1) is 10.0. The van der Waals surface area contributed by atoms with Crippen LogP contribution in [0.4, 0.5) is 0 Å². The van der Waals surface area contributed by atoms with E-state index in [2.05, 4.69) is 5.32 Å². The molecule has 0 aromatic heterocycles. The maximum absolute atomic E-state index is 12.1.